The van der Waals surface area contributed by atoms with Crippen molar-refractivity contribution in [3.63, 3.8) is 0 Å². The van der Waals surface area contributed by atoms with Crippen LogP contribution in [0.3, 0.4) is 0 Å². The van der Waals surface area contributed by atoms with E-state index >= 15 is 0 Å². The first-order chi connectivity index (χ1) is 12.3. The van der Waals surface area contributed by atoms with Crippen LogP contribution >= 0.6 is 0 Å². The van der Waals surface area contributed by atoms with Gasteiger partial charge < -0.3 is 20.5 Å². The number of primary amides is 1. The van der Waals surface area contributed by atoms with Gasteiger partial charge in [0.2, 0.25) is 5.95 Å². The fourth-order valence-corrected chi connectivity index (χ4v) is 2.93. The van der Waals surface area contributed by atoms with Gasteiger partial charge in [-0.05, 0) is 24.1 Å². The van der Waals surface area contributed by atoms with Crippen LogP contribution in [0.1, 0.15) is 21.6 Å². The number of hydrogen-bond acceptors (Lipinski definition) is 5. The molecule has 2 heterocycles. The highest BCUT2D eigenvalue weighted by molar-refractivity contribution is 6.00. The summed E-state index contributed by atoms with van der Waals surface area (Å²) >= 11 is 0. The maximum Gasteiger partial charge on any atom is 0.255 e. The van der Waals surface area contributed by atoms with Crippen LogP contribution in [-0.4, -0.2) is 46.4 Å². The van der Waals surface area contributed by atoms with Gasteiger partial charge in [0.05, 0.1) is 11.0 Å². The molecule has 8 heteroatoms. The van der Waals surface area contributed by atoms with Crippen LogP contribution in [-0.2, 0) is 14.1 Å². The predicted molar refractivity (Wildman–Crippen MR) is 102 cm³/mol. The second-order valence-corrected chi connectivity index (χ2v) is 6.13. The Labute approximate surface area is 151 Å². The number of anilines is 2. The zero-order chi connectivity index (χ0) is 19.0. The quantitative estimate of drug-likeness (QED) is 0.684. The molecule has 0 radical (unpaired) electrons. The van der Waals surface area contributed by atoms with Crippen LogP contribution in [0.4, 0.5) is 11.8 Å². The minimum atomic E-state index is -0.567. The Hall–Kier alpha value is -3.47. The van der Waals surface area contributed by atoms with E-state index in [9.17, 15) is 4.79 Å². The summed E-state index contributed by atoms with van der Waals surface area (Å²) in [5.74, 6) is 6.83. The predicted octanol–water partition coefficient (Wildman–Crippen LogP) is 0.913. The zero-order valence-electron chi connectivity index (χ0n) is 15.5. The standard InChI is InChI=1S/C18H21N7O/c1-20-17-15(16(19)26)12(22-25(17)5)8-6-11-7-9-14-13(10-11)21-18(23(2)3)24(14)4/h7,9-10,20H,1-5H3,(H2,19,26). The number of rotatable bonds is 3. The van der Waals surface area contributed by atoms with Crippen molar-refractivity contribution in [1.82, 2.24) is 19.3 Å². The van der Waals surface area contributed by atoms with Gasteiger partial charge in [0.1, 0.15) is 11.4 Å². The van der Waals surface area contributed by atoms with E-state index in [1.54, 1.807) is 18.8 Å². The van der Waals surface area contributed by atoms with Crippen molar-refractivity contribution in [2.75, 3.05) is 31.4 Å². The lowest BCUT2D eigenvalue weighted by Gasteiger charge is -2.10. The molecule has 134 valence electrons. The van der Waals surface area contributed by atoms with Crippen LogP contribution in [0.25, 0.3) is 11.0 Å². The first-order valence-corrected chi connectivity index (χ1v) is 8.03. The summed E-state index contributed by atoms with van der Waals surface area (Å²) < 4.78 is 3.57. The monoisotopic (exact) mass is 351 g/mol. The molecule has 0 aliphatic carbocycles. The molecular formula is C18H21N7O. The summed E-state index contributed by atoms with van der Waals surface area (Å²) in [5, 5.41) is 7.20. The molecule has 0 fully saturated rings. The number of hydrogen-bond donors (Lipinski definition) is 2. The van der Waals surface area contributed by atoms with E-state index in [1.807, 2.05) is 48.8 Å². The number of nitrogens with zero attached hydrogens (tertiary/aromatic N) is 5. The van der Waals surface area contributed by atoms with Crippen molar-refractivity contribution in [3.8, 4) is 11.8 Å². The normalized spacial score (nSPS) is 10.5. The van der Waals surface area contributed by atoms with Gasteiger partial charge in [-0.1, -0.05) is 5.92 Å². The summed E-state index contributed by atoms with van der Waals surface area (Å²) in [4.78, 5) is 18.3. The molecule has 0 unspecified atom stereocenters. The van der Waals surface area contributed by atoms with Crippen molar-refractivity contribution in [3.05, 3.63) is 35.0 Å². The number of carbonyl (C=O) groups is 1. The van der Waals surface area contributed by atoms with Crippen LogP contribution < -0.4 is 16.0 Å². The molecule has 2 aromatic heterocycles. The van der Waals surface area contributed by atoms with Crippen LogP contribution in [0.5, 0.6) is 0 Å². The van der Waals surface area contributed by atoms with Gasteiger partial charge in [-0.3, -0.25) is 9.48 Å². The van der Waals surface area contributed by atoms with Gasteiger partial charge in [-0.15, -0.1) is 0 Å². The van der Waals surface area contributed by atoms with Crippen molar-refractivity contribution < 1.29 is 4.79 Å². The summed E-state index contributed by atoms with van der Waals surface area (Å²) in [6, 6.07) is 5.81. The molecule has 0 saturated carbocycles. The molecule has 0 spiro atoms. The average Bonchev–Trinajstić information content (AvgIpc) is 3.09. The fourth-order valence-electron chi connectivity index (χ4n) is 2.93. The number of aryl methyl sites for hydroxylation is 2. The maximum absolute atomic E-state index is 11.7. The van der Waals surface area contributed by atoms with E-state index in [0.29, 0.717) is 11.5 Å². The maximum atomic E-state index is 11.7. The summed E-state index contributed by atoms with van der Waals surface area (Å²) in [5.41, 5.74) is 8.78. The molecule has 1 aromatic carbocycles. The minimum absolute atomic E-state index is 0.288. The topological polar surface area (TPSA) is 94.0 Å². The highest BCUT2D eigenvalue weighted by Gasteiger charge is 2.18. The highest BCUT2D eigenvalue weighted by Crippen LogP contribution is 2.21. The van der Waals surface area contributed by atoms with Crippen molar-refractivity contribution in [2.24, 2.45) is 19.8 Å². The van der Waals surface area contributed by atoms with Gasteiger partial charge in [0.25, 0.3) is 5.91 Å². The lowest BCUT2D eigenvalue weighted by atomic mass is 10.1. The second kappa shape index (κ2) is 6.44. The van der Waals surface area contributed by atoms with Gasteiger partial charge >= 0.3 is 0 Å². The number of nitrogens with two attached hydrogens (primary N) is 1. The smallest absolute Gasteiger partial charge is 0.255 e. The second-order valence-electron chi connectivity index (χ2n) is 6.13. The largest absolute Gasteiger partial charge is 0.373 e. The molecule has 0 saturated heterocycles. The summed E-state index contributed by atoms with van der Waals surface area (Å²) in [6.07, 6.45) is 0. The van der Waals surface area contributed by atoms with Gasteiger partial charge in [0, 0.05) is 40.8 Å². The van der Waals surface area contributed by atoms with E-state index in [4.69, 9.17) is 5.73 Å². The zero-order valence-corrected chi connectivity index (χ0v) is 15.5. The Kier molecular flexibility index (Phi) is 4.30. The number of imidazole rings is 1. The van der Waals surface area contributed by atoms with E-state index in [2.05, 4.69) is 27.2 Å². The molecule has 26 heavy (non-hydrogen) atoms. The minimum Gasteiger partial charge on any atom is -0.373 e. The Morgan fingerprint density at radius 2 is 2.00 bits per heavy atom. The molecule has 1 amide bonds. The lowest BCUT2D eigenvalue weighted by Crippen LogP contribution is -2.14. The third kappa shape index (κ3) is 2.84. The van der Waals surface area contributed by atoms with E-state index < -0.39 is 5.91 Å². The molecular weight excluding hydrogens is 330 g/mol. The van der Waals surface area contributed by atoms with Gasteiger partial charge in [-0.25, -0.2) is 4.98 Å². The molecule has 0 aliphatic rings. The molecule has 3 rings (SSSR count). The molecule has 3 N–H and O–H groups in total. The number of aromatic nitrogens is 4. The molecule has 0 bridgehead atoms. The molecule has 8 nitrogen and oxygen atoms in total. The third-order valence-corrected chi connectivity index (χ3v) is 4.11. The Morgan fingerprint density at radius 1 is 1.27 bits per heavy atom. The highest BCUT2D eigenvalue weighted by atomic mass is 16.1. The van der Waals surface area contributed by atoms with Crippen molar-refractivity contribution in [2.45, 2.75) is 0 Å². The van der Waals surface area contributed by atoms with Crippen LogP contribution in [0, 0.1) is 11.8 Å². The number of nitrogens with one attached hydrogen (secondary N) is 1. The third-order valence-electron chi connectivity index (χ3n) is 4.11. The van der Waals surface area contributed by atoms with Gasteiger partial charge in [-0.2, -0.15) is 5.10 Å². The first kappa shape index (κ1) is 17.4. The van der Waals surface area contributed by atoms with Gasteiger partial charge in [0.15, 0.2) is 5.69 Å². The number of fused-ring (bicyclic) bond motifs is 1. The Balaban J connectivity index is 2.05. The van der Waals surface area contributed by atoms with E-state index in [0.717, 1.165) is 22.5 Å². The number of amides is 1. The summed E-state index contributed by atoms with van der Waals surface area (Å²) in [7, 11) is 9.31. The SMILES string of the molecule is CNc1c(C(N)=O)c(C#Cc2ccc3c(c2)nc(N(C)C)n3C)nn1C. The Morgan fingerprint density at radius 3 is 2.62 bits per heavy atom. The molecule has 3 aromatic rings. The Bertz CT molecular complexity index is 1060. The van der Waals surface area contributed by atoms with Crippen molar-refractivity contribution in [1.29, 1.82) is 0 Å². The first-order valence-electron chi connectivity index (χ1n) is 8.03. The van der Waals surface area contributed by atoms with E-state index in [1.165, 1.54) is 0 Å². The number of carbonyl (C=O) groups excluding carboxylic acids is 1. The fraction of sp³-hybridized carbons (Fsp3) is 0.278. The lowest BCUT2D eigenvalue weighted by molar-refractivity contribution is 0.100. The van der Waals surface area contributed by atoms with Crippen LogP contribution in [0.2, 0.25) is 0 Å². The molecule has 0 atom stereocenters. The van der Waals surface area contributed by atoms with Crippen LogP contribution in [0.15, 0.2) is 18.2 Å². The van der Waals surface area contributed by atoms with Crippen molar-refractivity contribution >= 4 is 28.7 Å². The summed E-state index contributed by atoms with van der Waals surface area (Å²) in [6.45, 7) is 0. The van der Waals surface area contributed by atoms with E-state index in [-0.39, 0.29) is 5.56 Å². The average molecular weight is 351 g/mol. The number of benzene rings is 1. The molecule has 0 aliphatic heterocycles.